The molecule has 1 N–H and O–H groups in total. The van der Waals surface area contributed by atoms with Crippen LogP contribution in [0.15, 0.2) is 0 Å². The van der Waals surface area contributed by atoms with Crippen molar-refractivity contribution in [2.45, 2.75) is 52.5 Å². The highest BCUT2D eigenvalue weighted by Gasteiger charge is 2.23. The van der Waals surface area contributed by atoms with Crippen LogP contribution in [0.1, 0.15) is 55.7 Å². The zero-order chi connectivity index (χ0) is 14.0. The maximum absolute atomic E-state index is 5.42. The Morgan fingerprint density at radius 3 is 2.74 bits per heavy atom. The number of rotatable bonds is 4. The first-order valence-electron chi connectivity index (χ1n) is 7.17. The van der Waals surface area contributed by atoms with E-state index in [0.29, 0.717) is 12.0 Å². The lowest BCUT2D eigenvalue weighted by molar-refractivity contribution is 0.184. The molecule has 3 nitrogen and oxygen atoms in total. The van der Waals surface area contributed by atoms with E-state index in [9.17, 15) is 0 Å². The Kier molecular flexibility index (Phi) is 4.64. The third-order valence-electron chi connectivity index (χ3n) is 3.60. The van der Waals surface area contributed by atoms with E-state index in [-0.39, 0.29) is 5.41 Å². The van der Waals surface area contributed by atoms with Crippen molar-refractivity contribution in [3.63, 3.8) is 0 Å². The fraction of sp³-hybridized carbons (Fsp3) is 0.800. The summed E-state index contributed by atoms with van der Waals surface area (Å²) < 4.78 is 5.42. The Balaban J connectivity index is 1.98. The molecule has 2 rings (SSSR count). The van der Waals surface area contributed by atoms with Crippen molar-refractivity contribution in [3.8, 4) is 0 Å². The van der Waals surface area contributed by atoms with Crippen molar-refractivity contribution < 1.29 is 4.74 Å². The second-order valence-electron chi connectivity index (χ2n) is 6.58. The van der Waals surface area contributed by atoms with Gasteiger partial charge in [-0.3, -0.25) is 0 Å². The van der Waals surface area contributed by atoms with E-state index in [1.54, 1.807) is 0 Å². The number of nitrogens with zero attached hydrogens (tertiary/aromatic N) is 1. The summed E-state index contributed by atoms with van der Waals surface area (Å²) in [5, 5.41) is 4.87. The van der Waals surface area contributed by atoms with E-state index < -0.39 is 0 Å². The molecule has 0 aromatic carbocycles. The Hall–Kier alpha value is -0.450. The van der Waals surface area contributed by atoms with Gasteiger partial charge in [0.1, 0.15) is 0 Å². The maximum atomic E-state index is 5.42. The van der Waals surface area contributed by atoms with Gasteiger partial charge in [0.15, 0.2) is 0 Å². The Morgan fingerprint density at radius 1 is 1.47 bits per heavy atom. The first-order chi connectivity index (χ1) is 8.88. The maximum Gasteiger partial charge on any atom is 0.0985 e. The Bertz CT molecular complexity index is 416. The summed E-state index contributed by atoms with van der Waals surface area (Å²) in [6.45, 7) is 13.9. The summed E-state index contributed by atoms with van der Waals surface area (Å²) in [6, 6.07) is 0.384. The van der Waals surface area contributed by atoms with Crippen LogP contribution in [0.3, 0.4) is 0 Å². The topological polar surface area (TPSA) is 34.2 Å². The molecule has 2 heterocycles. The molecule has 2 unspecified atom stereocenters. The molecule has 0 radical (unpaired) electrons. The lowest BCUT2D eigenvalue weighted by Crippen LogP contribution is -2.25. The average Bonchev–Trinajstić information content (AvgIpc) is 2.93. The van der Waals surface area contributed by atoms with Gasteiger partial charge in [0, 0.05) is 29.5 Å². The summed E-state index contributed by atoms with van der Waals surface area (Å²) in [5.41, 5.74) is 1.32. The SMILES string of the molecule is Cc1nc(C(C)(C)C)sc1C(C)NCC1CCOC1. The molecular formula is C15H26N2OS. The van der Waals surface area contributed by atoms with Gasteiger partial charge in [0.25, 0.3) is 0 Å². The zero-order valence-corrected chi connectivity index (χ0v) is 13.6. The number of ether oxygens (including phenoxy) is 1. The van der Waals surface area contributed by atoms with E-state index in [1.165, 1.54) is 22.0 Å². The lowest BCUT2D eigenvalue weighted by atomic mass is 9.98. The van der Waals surface area contributed by atoms with Crippen LogP contribution in [0.4, 0.5) is 0 Å². The highest BCUT2D eigenvalue weighted by molar-refractivity contribution is 7.12. The fourth-order valence-electron chi connectivity index (χ4n) is 2.31. The second-order valence-corrected chi connectivity index (χ2v) is 7.61. The minimum absolute atomic E-state index is 0.146. The van der Waals surface area contributed by atoms with Gasteiger partial charge in [-0.1, -0.05) is 20.8 Å². The first kappa shape index (κ1) is 14.9. The van der Waals surface area contributed by atoms with Crippen LogP contribution in [0.25, 0.3) is 0 Å². The molecule has 0 bridgehead atoms. The van der Waals surface area contributed by atoms with Crippen LogP contribution in [0.5, 0.6) is 0 Å². The minimum atomic E-state index is 0.146. The third kappa shape index (κ3) is 3.77. The van der Waals surface area contributed by atoms with E-state index in [4.69, 9.17) is 9.72 Å². The van der Waals surface area contributed by atoms with Gasteiger partial charge in [-0.15, -0.1) is 11.3 Å². The van der Waals surface area contributed by atoms with Crippen molar-refractivity contribution >= 4 is 11.3 Å². The number of aromatic nitrogens is 1. The van der Waals surface area contributed by atoms with E-state index in [0.717, 1.165) is 19.8 Å². The predicted molar refractivity (Wildman–Crippen MR) is 80.9 cm³/mol. The second kappa shape index (κ2) is 5.90. The highest BCUT2D eigenvalue weighted by Crippen LogP contribution is 2.32. The monoisotopic (exact) mass is 282 g/mol. The van der Waals surface area contributed by atoms with Gasteiger partial charge in [-0.05, 0) is 26.2 Å². The first-order valence-corrected chi connectivity index (χ1v) is 7.98. The third-order valence-corrected chi connectivity index (χ3v) is 5.37. The number of nitrogens with one attached hydrogen (secondary N) is 1. The van der Waals surface area contributed by atoms with Crippen LogP contribution in [0.2, 0.25) is 0 Å². The molecular weight excluding hydrogens is 256 g/mol. The molecule has 0 amide bonds. The van der Waals surface area contributed by atoms with Crippen molar-refractivity contribution in [1.29, 1.82) is 0 Å². The molecule has 19 heavy (non-hydrogen) atoms. The van der Waals surface area contributed by atoms with Crippen LogP contribution in [-0.4, -0.2) is 24.7 Å². The standard InChI is InChI=1S/C15H26N2OS/c1-10(16-8-12-6-7-18-9-12)13-11(2)17-14(19-13)15(3,4)5/h10,12,16H,6-9H2,1-5H3. The zero-order valence-electron chi connectivity index (χ0n) is 12.7. The summed E-state index contributed by atoms with van der Waals surface area (Å²) in [6.07, 6.45) is 1.19. The molecule has 0 aliphatic carbocycles. The highest BCUT2D eigenvalue weighted by atomic mass is 32.1. The van der Waals surface area contributed by atoms with Crippen molar-refractivity contribution in [2.75, 3.05) is 19.8 Å². The van der Waals surface area contributed by atoms with E-state index in [2.05, 4.69) is 39.9 Å². The molecule has 4 heteroatoms. The molecule has 1 aromatic heterocycles. The largest absolute Gasteiger partial charge is 0.381 e. The van der Waals surface area contributed by atoms with Crippen LogP contribution >= 0.6 is 11.3 Å². The van der Waals surface area contributed by atoms with Crippen LogP contribution in [-0.2, 0) is 10.2 Å². The Morgan fingerprint density at radius 2 is 2.21 bits per heavy atom. The minimum Gasteiger partial charge on any atom is -0.381 e. The molecule has 1 fully saturated rings. The van der Waals surface area contributed by atoms with Crippen molar-refractivity contribution in [2.24, 2.45) is 5.92 Å². The number of thiazole rings is 1. The average molecular weight is 282 g/mol. The van der Waals surface area contributed by atoms with Gasteiger partial charge < -0.3 is 10.1 Å². The molecule has 1 aromatic rings. The van der Waals surface area contributed by atoms with E-state index in [1.807, 2.05) is 11.3 Å². The molecule has 0 saturated carbocycles. The fourth-order valence-corrected chi connectivity index (χ4v) is 3.46. The molecule has 1 aliphatic rings. The Labute approximate surface area is 120 Å². The molecule has 108 valence electrons. The predicted octanol–water partition coefficient (Wildman–Crippen LogP) is 3.44. The summed E-state index contributed by atoms with van der Waals surface area (Å²) in [5.74, 6) is 0.678. The van der Waals surface area contributed by atoms with Gasteiger partial charge >= 0.3 is 0 Å². The summed E-state index contributed by atoms with van der Waals surface area (Å²) in [7, 11) is 0. The van der Waals surface area contributed by atoms with Gasteiger partial charge in [0.05, 0.1) is 17.3 Å². The number of hydrogen-bond acceptors (Lipinski definition) is 4. The molecule has 1 aliphatic heterocycles. The molecule has 0 spiro atoms. The van der Waals surface area contributed by atoms with Gasteiger partial charge in [-0.2, -0.15) is 0 Å². The van der Waals surface area contributed by atoms with Crippen molar-refractivity contribution in [3.05, 3.63) is 15.6 Å². The van der Waals surface area contributed by atoms with Crippen molar-refractivity contribution in [1.82, 2.24) is 10.3 Å². The quantitative estimate of drug-likeness (QED) is 0.918. The molecule has 2 atom stereocenters. The molecule has 1 saturated heterocycles. The smallest absolute Gasteiger partial charge is 0.0985 e. The number of aryl methyl sites for hydroxylation is 1. The summed E-state index contributed by atoms with van der Waals surface area (Å²) in [4.78, 5) is 6.12. The van der Waals surface area contributed by atoms with Gasteiger partial charge in [0.2, 0.25) is 0 Å². The lowest BCUT2D eigenvalue weighted by Gasteiger charge is -2.16. The van der Waals surface area contributed by atoms with Gasteiger partial charge in [-0.25, -0.2) is 4.98 Å². The normalized spacial score (nSPS) is 21.8. The van der Waals surface area contributed by atoms with Crippen LogP contribution in [0, 0.1) is 12.8 Å². The van der Waals surface area contributed by atoms with Crippen LogP contribution < -0.4 is 5.32 Å². The summed E-state index contributed by atoms with van der Waals surface area (Å²) >= 11 is 1.85. The number of hydrogen-bond donors (Lipinski definition) is 1. The van der Waals surface area contributed by atoms with E-state index >= 15 is 0 Å².